The number of nitriles is 1. The Balaban J connectivity index is 1.48. The number of fused-ring (bicyclic) bond motifs is 3. The molecule has 1 amide bonds. The molecule has 2 bridgehead atoms. The number of hydrogen-bond acceptors (Lipinski definition) is 3. The highest BCUT2D eigenvalue weighted by atomic mass is 16.1. The molecule has 2 aliphatic carbocycles. The third-order valence-electron chi connectivity index (χ3n) is 5.46. The summed E-state index contributed by atoms with van der Waals surface area (Å²) in [6.07, 6.45) is 4.20. The predicted octanol–water partition coefficient (Wildman–Crippen LogP) is 2.32. The molecule has 1 aromatic rings. The largest absolute Gasteiger partial charge is 0.384 e. The van der Waals surface area contributed by atoms with E-state index in [1.807, 2.05) is 18.2 Å². The van der Waals surface area contributed by atoms with Crippen LogP contribution < -0.4 is 10.6 Å². The predicted molar refractivity (Wildman–Crippen MR) is 79.8 cm³/mol. The molecule has 1 heterocycles. The summed E-state index contributed by atoms with van der Waals surface area (Å²) in [4.78, 5) is 12.5. The van der Waals surface area contributed by atoms with Gasteiger partial charge in [0.25, 0.3) is 5.91 Å². The molecule has 108 valence electrons. The van der Waals surface area contributed by atoms with Gasteiger partial charge in [-0.15, -0.1) is 0 Å². The summed E-state index contributed by atoms with van der Waals surface area (Å²) in [7, 11) is 0. The SMILES string of the molecule is N#CC1[C@@H]2CC[C@H]1[C@@H](NC(=O)c1ccc3c(c1)CCN3)C2. The first-order chi connectivity index (χ1) is 10.3. The van der Waals surface area contributed by atoms with Crippen LogP contribution in [0.4, 0.5) is 5.69 Å². The average molecular weight is 281 g/mol. The highest BCUT2D eigenvalue weighted by Gasteiger charge is 2.48. The zero-order chi connectivity index (χ0) is 14.4. The zero-order valence-corrected chi connectivity index (χ0v) is 11.9. The molecule has 3 aliphatic rings. The monoisotopic (exact) mass is 281 g/mol. The fourth-order valence-corrected chi connectivity index (χ4v) is 4.40. The molecule has 0 aromatic heterocycles. The molecule has 0 radical (unpaired) electrons. The second-order valence-corrected chi connectivity index (χ2v) is 6.52. The van der Waals surface area contributed by atoms with E-state index in [1.54, 1.807) is 0 Å². The Hall–Kier alpha value is -2.02. The molecule has 21 heavy (non-hydrogen) atoms. The first-order valence-corrected chi connectivity index (χ1v) is 7.83. The first-order valence-electron chi connectivity index (χ1n) is 7.83. The second kappa shape index (κ2) is 4.77. The molecule has 2 fully saturated rings. The van der Waals surface area contributed by atoms with Gasteiger partial charge in [-0.1, -0.05) is 0 Å². The molecule has 1 aromatic carbocycles. The highest BCUT2D eigenvalue weighted by molar-refractivity contribution is 5.95. The fourth-order valence-electron chi connectivity index (χ4n) is 4.40. The van der Waals surface area contributed by atoms with Crippen molar-refractivity contribution in [3.05, 3.63) is 29.3 Å². The lowest BCUT2D eigenvalue weighted by molar-refractivity contribution is 0.0922. The Morgan fingerprint density at radius 3 is 3.10 bits per heavy atom. The van der Waals surface area contributed by atoms with Crippen molar-refractivity contribution in [3.63, 3.8) is 0 Å². The van der Waals surface area contributed by atoms with Gasteiger partial charge < -0.3 is 10.6 Å². The van der Waals surface area contributed by atoms with Crippen molar-refractivity contribution < 1.29 is 4.79 Å². The second-order valence-electron chi connectivity index (χ2n) is 6.52. The summed E-state index contributed by atoms with van der Waals surface area (Å²) >= 11 is 0. The molecule has 4 heteroatoms. The van der Waals surface area contributed by atoms with Crippen LogP contribution >= 0.6 is 0 Å². The van der Waals surface area contributed by atoms with E-state index in [9.17, 15) is 10.1 Å². The van der Waals surface area contributed by atoms with Crippen molar-refractivity contribution in [1.29, 1.82) is 5.26 Å². The van der Waals surface area contributed by atoms with Crippen LogP contribution in [-0.4, -0.2) is 18.5 Å². The smallest absolute Gasteiger partial charge is 0.251 e. The number of carbonyl (C=O) groups is 1. The number of amides is 1. The van der Waals surface area contributed by atoms with Crippen LogP contribution in [0, 0.1) is 29.1 Å². The summed E-state index contributed by atoms with van der Waals surface area (Å²) in [5.74, 6) is 1.02. The van der Waals surface area contributed by atoms with Gasteiger partial charge in [0, 0.05) is 23.8 Å². The Morgan fingerprint density at radius 1 is 1.38 bits per heavy atom. The maximum Gasteiger partial charge on any atom is 0.251 e. The van der Waals surface area contributed by atoms with E-state index < -0.39 is 0 Å². The van der Waals surface area contributed by atoms with Gasteiger partial charge in [-0.25, -0.2) is 0 Å². The van der Waals surface area contributed by atoms with Gasteiger partial charge in [-0.05, 0) is 61.3 Å². The van der Waals surface area contributed by atoms with Crippen LogP contribution in [0.3, 0.4) is 0 Å². The molecule has 4 nitrogen and oxygen atoms in total. The maximum atomic E-state index is 12.5. The van der Waals surface area contributed by atoms with Gasteiger partial charge in [0.1, 0.15) is 0 Å². The van der Waals surface area contributed by atoms with E-state index in [0.717, 1.165) is 43.5 Å². The van der Waals surface area contributed by atoms with Gasteiger partial charge in [0.2, 0.25) is 0 Å². The highest BCUT2D eigenvalue weighted by Crippen LogP contribution is 2.49. The van der Waals surface area contributed by atoms with Gasteiger partial charge in [-0.3, -0.25) is 4.79 Å². The van der Waals surface area contributed by atoms with Gasteiger partial charge >= 0.3 is 0 Å². The van der Waals surface area contributed by atoms with E-state index in [1.165, 1.54) is 5.56 Å². The minimum atomic E-state index is 0.0129. The molecule has 4 rings (SSSR count). The van der Waals surface area contributed by atoms with Crippen molar-refractivity contribution in [2.75, 3.05) is 11.9 Å². The van der Waals surface area contributed by atoms with Crippen LogP contribution in [-0.2, 0) is 6.42 Å². The van der Waals surface area contributed by atoms with Crippen molar-refractivity contribution in [2.24, 2.45) is 17.8 Å². The van der Waals surface area contributed by atoms with Crippen molar-refractivity contribution in [1.82, 2.24) is 5.32 Å². The molecule has 2 N–H and O–H groups in total. The van der Waals surface area contributed by atoms with Crippen molar-refractivity contribution in [3.8, 4) is 6.07 Å². The number of carbonyl (C=O) groups excluding carboxylic acids is 1. The summed E-state index contributed by atoms with van der Waals surface area (Å²) in [5.41, 5.74) is 3.12. The van der Waals surface area contributed by atoms with Crippen molar-refractivity contribution >= 4 is 11.6 Å². The Bertz CT molecular complexity index is 633. The summed E-state index contributed by atoms with van der Waals surface area (Å²) in [6, 6.07) is 8.52. The number of nitrogens with one attached hydrogen (secondary N) is 2. The van der Waals surface area contributed by atoms with E-state index in [4.69, 9.17) is 0 Å². The van der Waals surface area contributed by atoms with E-state index in [0.29, 0.717) is 11.8 Å². The number of anilines is 1. The molecule has 4 atom stereocenters. The number of rotatable bonds is 2. The lowest BCUT2D eigenvalue weighted by Gasteiger charge is -2.23. The summed E-state index contributed by atoms with van der Waals surface area (Å²) < 4.78 is 0. The number of nitrogens with zero attached hydrogens (tertiary/aromatic N) is 1. The summed E-state index contributed by atoms with van der Waals surface area (Å²) in [5, 5.41) is 15.7. The zero-order valence-electron chi connectivity index (χ0n) is 11.9. The Kier molecular flexibility index (Phi) is 2.88. The van der Waals surface area contributed by atoms with Crippen LogP contribution in [0.25, 0.3) is 0 Å². The minimum absolute atomic E-state index is 0.0129. The molecule has 1 aliphatic heterocycles. The molecule has 1 unspecified atom stereocenters. The van der Waals surface area contributed by atoms with E-state index in [2.05, 4.69) is 16.7 Å². The topological polar surface area (TPSA) is 64.9 Å². The van der Waals surface area contributed by atoms with Gasteiger partial charge in [-0.2, -0.15) is 5.26 Å². The Morgan fingerprint density at radius 2 is 2.29 bits per heavy atom. The van der Waals surface area contributed by atoms with Gasteiger partial charge in [0.15, 0.2) is 0 Å². The number of benzene rings is 1. The number of hydrogen-bond donors (Lipinski definition) is 2. The van der Waals surface area contributed by atoms with Crippen molar-refractivity contribution in [2.45, 2.75) is 31.7 Å². The quantitative estimate of drug-likeness (QED) is 0.874. The lowest BCUT2D eigenvalue weighted by Crippen LogP contribution is -2.39. The maximum absolute atomic E-state index is 12.5. The Labute approximate surface area is 124 Å². The lowest BCUT2D eigenvalue weighted by atomic mass is 9.94. The van der Waals surface area contributed by atoms with Crippen LogP contribution in [0.5, 0.6) is 0 Å². The molecular weight excluding hydrogens is 262 g/mol. The van der Waals surface area contributed by atoms with Crippen LogP contribution in [0.15, 0.2) is 18.2 Å². The molecule has 0 spiro atoms. The van der Waals surface area contributed by atoms with E-state index >= 15 is 0 Å². The van der Waals surface area contributed by atoms with Gasteiger partial charge in [0.05, 0.1) is 12.0 Å². The summed E-state index contributed by atoms with van der Waals surface area (Å²) in [6.45, 7) is 0.955. The normalized spacial score (nSPS) is 32.3. The molecule has 2 saturated carbocycles. The standard InChI is InChI=1S/C17H19N3O/c18-9-14-10-1-3-13(14)16(8-10)20-17(21)12-2-4-15-11(7-12)5-6-19-15/h2,4,7,10,13-14,16,19H,1,3,5-6,8H2,(H,20,21)/t10-,13-,14?,16+/m1/s1. The molecule has 0 saturated heterocycles. The van der Waals surface area contributed by atoms with Crippen LogP contribution in [0.2, 0.25) is 0 Å². The molecular formula is C17H19N3O. The minimum Gasteiger partial charge on any atom is -0.384 e. The first kappa shape index (κ1) is 12.7. The third-order valence-corrected chi connectivity index (χ3v) is 5.46. The fraction of sp³-hybridized carbons (Fsp3) is 0.529. The average Bonchev–Trinajstić information content (AvgIpc) is 3.19. The van der Waals surface area contributed by atoms with Crippen LogP contribution in [0.1, 0.15) is 35.2 Å². The third kappa shape index (κ3) is 1.99. The van der Waals surface area contributed by atoms with E-state index in [-0.39, 0.29) is 17.9 Å².